The topological polar surface area (TPSA) is 41.5 Å². The number of nitrogens with zero attached hydrogens (tertiary/aromatic N) is 1. The molecule has 3 nitrogen and oxygen atoms in total. The van der Waals surface area contributed by atoms with Gasteiger partial charge >= 0.3 is 0 Å². The highest BCUT2D eigenvalue weighted by Gasteiger charge is 2.23. The second-order valence-electron chi connectivity index (χ2n) is 4.63. The summed E-state index contributed by atoms with van der Waals surface area (Å²) in [6.45, 7) is 0. The Morgan fingerprint density at radius 2 is 1.87 bits per heavy atom. The standard InChI is InChI=1S/C16H9Cl2FN2OS/c17-10-3-1-9(2-4-10)7-14-15(22)21-16(23-14)20-11-5-6-13(19)12(18)8-11/h1-8H,(H,20,21,22). The van der Waals surface area contributed by atoms with Gasteiger partial charge in [0.2, 0.25) is 0 Å². The maximum absolute atomic E-state index is 13.1. The molecule has 3 rings (SSSR count). The number of nitrogens with one attached hydrogen (secondary N) is 1. The van der Waals surface area contributed by atoms with Crippen LogP contribution < -0.4 is 5.32 Å². The van der Waals surface area contributed by atoms with Crippen LogP contribution in [-0.4, -0.2) is 11.1 Å². The molecule has 7 heteroatoms. The van der Waals surface area contributed by atoms with Crippen LogP contribution in [0.2, 0.25) is 10.0 Å². The molecule has 0 saturated carbocycles. The van der Waals surface area contributed by atoms with E-state index in [1.54, 1.807) is 18.2 Å². The zero-order valence-electron chi connectivity index (χ0n) is 11.5. The first-order valence-corrected chi connectivity index (χ1v) is 8.09. The fourth-order valence-electron chi connectivity index (χ4n) is 1.86. The van der Waals surface area contributed by atoms with Crippen LogP contribution in [0.15, 0.2) is 52.4 Å². The molecule has 0 atom stereocenters. The zero-order valence-corrected chi connectivity index (χ0v) is 13.8. The van der Waals surface area contributed by atoms with Crippen molar-refractivity contribution in [1.29, 1.82) is 0 Å². The molecule has 0 aliphatic carbocycles. The molecule has 0 aromatic heterocycles. The van der Waals surface area contributed by atoms with E-state index in [4.69, 9.17) is 23.2 Å². The van der Waals surface area contributed by atoms with E-state index >= 15 is 0 Å². The summed E-state index contributed by atoms with van der Waals surface area (Å²) in [5, 5.41) is 3.69. The summed E-state index contributed by atoms with van der Waals surface area (Å²) in [6.07, 6.45) is 1.75. The van der Waals surface area contributed by atoms with Crippen LogP contribution in [0.25, 0.3) is 6.08 Å². The second kappa shape index (κ2) is 6.74. The van der Waals surface area contributed by atoms with Crippen molar-refractivity contribution in [2.24, 2.45) is 4.99 Å². The lowest BCUT2D eigenvalue weighted by molar-refractivity contribution is -0.115. The monoisotopic (exact) mass is 366 g/mol. The Hall–Kier alpha value is -1.82. The molecule has 2 aromatic rings. The second-order valence-corrected chi connectivity index (χ2v) is 6.51. The van der Waals surface area contributed by atoms with Gasteiger partial charge in [-0.15, -0.1) is 0 Å². The third-order valence-electron chi connectivity index (χ3n) is 2.95. The molecule has 2 aromatic carbocycles. The van der Waals surface area contributed by atoms with Crippen molar-refractivity contribution in [2.75, 3.05) is 0 Å². The molecular weight excluding hydrogens is 358 g/mol. The molecule has 1 N–H and O–H groups in total. The highest BCUT2D eigenvalue weighted by Crippen LogP contribution is 2.29. The molecule has 1 amide bonds. The van der Waals surface area contributed by atoms with Gasteiger partial charge in [-0.2, -0.15) is 0 Å². The molecule has 1 aliphatic heterocycles. The van der Waals surface area contributed by atoms with Gasteiger partial charge < -0.3 is 5.32 Å². The lowest BCUT2D eigenvalue weighted by Gasteiger charge is -1.98. The van der Waals surface area contributed by atoms with Crippen LogP contribution >= 0.6 is 35.0 Å². The minimum absolute atomic E-state index is 0.0156. The Morgan fingerprint density at radius 3 is 2.57 bits per heavy atom. The van der Waals surface area contributed by atoms with E-state index < -0.39 is 5.82 Å². The van der Waals surface area contributed by atoms with Crippen molar-refractivity contribution in [3.8, 4) is 0 Å². The molecule has 1 fully saturated rings. The average molecular weight is 367 g/mol. The largest absolute Gasteiger partial charge is 0.300 e. The number of carbonyl (C=O) groups is 1. The normalized spacial score (nSPS) is 17.8. The van der Waals surface area contributed by atoms with Gasteiger partial charge in [-0.05, 0) is 53.7 Å². The molecule has 0 bridgehead atoms. The number of carbonyl (C=O) groups excluding carboxylic acids is 1. The summed E-state index contributed by atoms with van der Waals surface area (Å²) < 4.78 is 13.1. The fourth-order valence-corrected chi connectivity index (χ4v) is 3.01. The Morgan fingerprint density at radius 1 is 1.13 bits per heavy atom. The van der Waals surface area contributed by atoms with Gasteiger partial charge in [0.05, 0.1) is 15.6 Å². The maximum Gasteiger partial charge on any atom is 0.264 e. The smallest absolute Gasteiger partial charge is 0.264 e. The van der Waals surface area contributed by atoms with E-state index in [0.717, 1.165) is 5.56 Å². The SMILES string of the molecule is O=C1NC(=Nc2ccc(F)c(Cl)c2)SC1=Cc1ccc(Cl)cc1. The summed E-state index contributed by atoms with van der Waals surface area (Å²) in [5.41, 5.74) is 1.32. The number of benzene rings is 2. The molecule has 1 aliphatic rings. The maximum atomic E-state index is 13.1. The van der Waals surface area contributed by atoms with Gasteiger partial charge in [0.15, 0.2) is 5.17 Å². The minimum atomic E-state index is -0.512. The van der Waals surface area contributed by atoms with Crippen LogP contribution in [0.5, 0.6) is 0 Å². The highest BCUT2D eigenvalue weighted by atomic mass is 35.5. The molecular formula is C16H9Cl2FN2OS. The molecule has 1 heterocycles. The van der Waals surface area contributed by atoms with E-state index in [1.165, 1.54) is 30.0 Å². The molecule has 0 unspecified atom stereocenters. The highest BCUT2D eigenvalue weighted by molar-refractivity contribution is 8.18. The van der Waals surface area contributed by atoms with Crippen molar-refractivity contribution in [2.45, 2.75) is 0 Å². The first-order valence-electron chi connectivity index (χ1n) is 6.51. The Bertz CT molecular complexity index is 834. The lowest BCUT2D eigenvalue weighted by atomic mass is 10.2. The number of amides is 1. The number of amidine groups is 1. The summed E-state index contributed by atoms with van der Waals surface area (Å²) in [5.74, 6) is -0.751. The van der Waals surface area contributed by atoms with Gasteiger partial charge in [0, 0.05) is 5.02 Å². The van der Waals surface area contributed by atoms with Crippen LogP contribution in [0.1, 0.15) is 5.56 Å². The van der Waals surface area contributed by atoms with Crippen molar-refractivity contribution in [3.63, 3.8) is 0 Å². The van der Waals surface area contributed by atoms with Crippen LogP contribution in [0, 0.1) is 5.82 Å². The molecule has 0 spiro atoms. The number of halogens is 3. The first-order chi connectivity index (χ1) is 11.0. The van der Waals surface area contributed by atoms with E-state index in [0.29, 0.717) is 20.8 Å². The lowest BCUT2D eigenvalue weighted by Crippen LogP contribution is -2.19. The van der Waals surface area contributed by atoms with Gasteiger partial charge in [-0.3, -0.25) is 4.79 Å². The Balaban J connectivity index is 1.82. The van der Waals surface area contributed by atoms with Crippen molar-refractivity contribution < 1.29 is 9.18 Å². The van der Waals surface area contributed by atoms with Gasteiger partial charge in [0.25, 0.3) is 5.91 Å². The third-order valence-corrected chi connectivity index (χ3v) is 4.40. The molecule has 1 saturated heterocycles. The number of hydrogen-bond donors (Lipinski definition) is 1. The van der Waals surface area contributed by atoms with Crippen LogP contribution in [0.3, 0.4) is 0 Å². The predicted molar refractivity (Wildman–Crippen MR) is 93.7 cm³/mol. The van der Waals surface area contributed by atoms with Gasteiger partial charge in [-0.25, -0.2) is 9.38 Å². The van der Waals surface area contributed by atoms with Crippen LogP contribution in [-0.2, 0) is 4.79 Å². The Labute approximate surface area is 146 Å². The third kappa shape index (κ3) is 3.93. The van der Waals surface area contributed by atoms with E-state index in [2.05, 4.69) is 10.3 Å². The van der Waals surface area contributed by atoms with Crippen molar-refractivity contribution in [1.82, 2.24) is 5.32 Å². The molecule has 0 radical (unpaired) electrons. The summed E-state index contributed by atoms with van der Waals surface area (Å²) in [7, 11) is 0. The first kappa shape index (κ1) is 16.1. The number of hydrogen-bond acceptors (Lipinski definition) is 3. The van der Waals surface area contributed by atoms with Crippen molar-refractivity contribution >= 4 is 57.8 Å². The zero-order chi connectivity index (χ0) is 16.4. The van der Waals surface area contributed by atoms with Gasteiger partial charge in [-0.1, -0.05) is 35.3 Å². The minimum Gasteiger partial charge on any atom is -0.300 e. The number of rotatable bonds is 2. The summed E-state index contributed by atoms with van der Waals surface area (Å²) >= 11 is 12.8. The predicted octanol–water partition coefficient (Wildman–Crippen LogP) is 5.02. The van der Waals surface area contributed by atoms with Crippen molar-refractivity contribution in [3.05, 3.63) is 68.8 Å². The molecule has 116 valence electrons. The summed E-state index contributed by atoms with van der Waals surface area (Å²) in [6, 6.07) is 11.3. The molecule has 23 heavy (non-hydrogen) atoms. The average Bonchev–Trinajstić information content (AvgIpc) is 2.85. The number of thioether (sulfide) groups is 1. The quantitative estimate of drug-likeness (QED) is 0.757. The van der Waals surface area contributed by atoms with Crippen LogP contribution in [0.4, 0.5) is 10.1 Å². The van der Waals surface area contributed by atoms with E-state index in [1.807, 2.05) is 12.1 Å². The Kier molecular flexibility index (Phi) is 4.71. The van der Waals surface area contributed by atoms with E-state index in [9.17, 15) is 9.18 Å². The van der Waals surface area contributed by atoms with Gasteiger partial charge in [0.1, 0.15) is 5.82 Å². The fraction of sp³-hybridized carbons (Fsp3) is 0. The van der Waals surface area contributed by atoms with E-state index in [-0.39, 0.29) is 10.9 Å². The summed E-state index contributed by atoms with van der Waals surface area (Å²) in [4.78, 5) is 16.7. The number of aliphatic imine (C=N–C) groups is 1.